The molecule has 0 aliphatic rings. The van der Waals surface area contributed by atoms with Gasteiger partial charge in [-0.1, -0.05) is 42.5 Å². The van der Waals surface area contributed by atoms with Gasteiger partial charge in [0, 0.05) is 0 Å². The molecule has 0 N–H and O–H groups in total. The monoisotopic (exact) mass is 429 g/mol. The summed E-state index contributed by atoms with van der Waals surface area (Å²) < 4.78 is 48.9. The fourth-order valence-electron chi connectivity index (χ4n) is 2.94. The molecular formula is C22H20FNO5S. The summed E-state index contributed by atoms with van der Waals surface area (Å²) in [5, 5.41) is 0. The molecule has 0 fully saturated rings. The van der Waals surface area contributed by atoms with Gasteiger partial charge in [0.05, 0.1) is 12.8 Å². The number of thiol groups is 1. The number of ether oxygens (including phenoxy) is 2. The van der Waals surface area contributed by atoms with Crippen molar-refractivity contribution in [1.82, 2.24) is 0 Å². The van der Waals surface area contributed by atoms with Crippen LogP contribution in [0.15, 0.2) is 78.9 Å². The van der Waals surface area contributed by atoms with Crippen LogP contribution in [0.25, 0.3) is 0 Å². The Kier molecular flexibility index (Phi) is 7.03. The highest BCUT2D eigenvalue weighted by Gasteiger charge is 2.31. The Labute approximate surface area is 175 Å². The molecule has 0 bridgehead atoms. The largest absolute Gasteiger partial charge is 0.489 e. The Morgan fingerprint density at radius 1 is 1.00 bits per heavy atom. The lowest BCUT2D eigenvalue weighted by molar-refractivity contribution is -0.142. The van der Waals surface area contributed by atoms with Gasteiger partial charge in [0.1, 0.15) is 18.2 Å². The van der Waals surface area contributed by atoms with E-state index in [1.807, 2.05) is 30.3 Å². The predicted octanol–water partition coefficient (Wildman–Crippen LogP) is 3.65. The maximum Gasteiger partial charge on any atom is 0.334 e. The molecule has 0 saturated heterocycles. The molecule has 1 atom stereocenters. The predicted molar refractivity (Wildman–Crippen MR) is 111 cm³/mol. The van der Waals surface area contributed by atoms with E-state index in [1.165, 1.54) is 19.2 Å². The van der Waals surface area contributed by atoms with Crippen LogP contribution in [0.2, 0.25) is 0 Å². The third kappa shape index (κ3) is 5.15. The Morgan fingerprint density at radius 3 is 2.33 bits per heavy atom. The van der Waals surface area contributed by atoms with Gasteiger partial charge < -0.3 is 9.47 Å². The number of hydrogen-bond acceptors (Lipinski definition) is 5. The summed E-state index contributed by atoms with van der Waals surface area (Å²) in [6, 6.07) is 19.6. The van der Waals surface area contributed by atoms with Crippen LogP contribution in [0, 0.1) is 5.82 Å². The maximum absolute atomic E-state index is 13.3. The van der Waals surface area contributed by atoms with Crippen molar-refractivity contribution in [3.8, 4) is 5.75 Å². The highest BCUT2D eigenvalue weighted by atomic mass is 32.2. The van der Waals surface area contributed by atoms with Crippen molar-refractivity contribution in [2.75, 3.05) is 11.4 Å². The van der Waals surface area contributed by atoms with Crippen molar-refractivity contribution in [1.29, 1.82) is 0 Å². The van der Waals surface area contributed by atoms with E-state index in [1.54, 1.807) is 24.3 Å². The number of anilines is 1. The Balaban J connectivity index is 1.94. The molecule has 6 nitrogen and oxygen atoms in total. The van der Waals surface area contributed by atoms with Crippen molar-refractivity contribution in [2.45, 2.75) is 12.6 Å². The number of rotatable bonds is 8. The fraction of sp³-hybridized carbons (Fsp3) is 0.136. The number of halogens is 1. The van der Waals surface area contributed by atoms with Gasteiger partial charge in [0.25, 0.3) is 0 Å². The lowest BCUT2D eigenvalue weighted by Gasteiger charge is -2.27. The van der Waals surface area contributed by atoms with Crippen molar-refractivity contribution < 1.29 is 27.1 Å². The molecule has 0 aliphatic heterocycles. The number of nitrogens with zero attached hydrogens (tertiary/aromatic N) is 1. The van der Waals surface area contributed by atoms with Gasteiger partial charge in [-0.05, 0) is 47.5 Å². The van der Waals surface area contributed by atoms with Crippen LogP contribution in [0.1, 0.15) is 17.2 Å². The zero-order valence-electron chi connectivity index (χ0n) is 16.1. The first kappa shape index (κ1) is 21.3. The summed E-state index contributed by atoms with van der Waals surface area (Å²) in [6.45, 7) is 0.310. The van der Waals surface area contributed by atoms with E-state index < -0.39 is 28.7 Å². The number of methoxy groups -OCH3 is 1. The van der Waals surface area contributed by atoms with Gasteiger partial charge >= 0.3 is 5.97 Å². The minimum Gasteiger partial charge on any atom is -0.489 e. The Morgan fingerprint density at radius 2 is 1.70 bits per heavy atom. The Bertz CT molecular complexity index is 1060. The number of carbonyl (C=O) groups is 1. The molecule has 0 unspecified atom stereocenters. The molecule has 0 amide bonds. The van der Waals surface area contributed by atoms with E-state index in [0.717, 1.165) is 22.0 Å². The molecule has 0 aromatic heterocycles. The average molecular weight is 429 g/mol. The molecule has 3 aromatic carbocycles. The molecule has 8 heteroatoms. The third-order valence-electron chi connectivity index (χ3n) is 4.36. The van der Waals surface area contributed by atoms with Gasteiger partial charge in [-0.15, -0.1) is 0 Å². The van der Waals surface area contributed by atoms with Gasteiger partial charge in [-0.2, -0.15) is 0 Å². The third-order valence-corrected chi connectivity index (χ3v) is 5.17. The van der Waals surface area contributed by atoms with E-state index in [-0.39, 0.29) is 5.69 Å². The van der Waals surface area contributed by atoms with E-state index >= 15 is 0 Å². The number of hydrogen-bond donors (Lipinski definition) is 1. The molecule has 3 rings (SSSR count). The van der Waals surface area contributed by atoms with Crippen LogP contribution in [0.4, 0.5) is 10.1 Å². The highest BCUT2D eigenvalue weighted by molar-refractivity contribution is 7.74. The van der Waals surface area contributed by atoms with Crippen molar-refractivity contribution >= 4 is 22.5 Å². The lowest BCUT2D eigenvalue weighted by atomic mass is 10.1. The van der Waals surface area contributed by atoms with Gasteiger partial charge in [0.2, 0.25) is 10.9 Å². The van der Waals surface area contributed by atoms with Crippen LogP contribution in [0.3, 0.4) is 0 Å². The van der Waals surface area contributed by atoms with E-state index in [4.69, 9.17) is 9.47 Å². The molecule has 30 heavy (non-hydrogen) atoms. The molecule has 0 radical (unpaired) electrons. The lowest BCUT2D eigenvalue weighted by Crippen LogP contribution is -2.34. The normalized spacial score (nSPS) is 11.7. The summed E-state index contributed by atoms with van der Waals surface area (Å²) in [6.07, 6.45) is 0. The second kappa shape index (κ2) is 9.89. The first-order valence-corrected chi connectivity index (χ1v) is 10.2. The number of carbonyl (C=O) groups excluding carboxylic acids is 1. The SMILES string of the molecule is COC(=O)[C@@H](c1cccc(OCc2ccccc2)c1)N(c1ccc(F)cc1)[SH](=O)=O. The van der Waals surface area contributed by atoms with Crippen LogP contribution < -0.4 is 9.04 Å². The zero-order chi connectivity index (χ0) is 21.5. The fourth-order valence-corrected chi connectivity index (χ4v) is 3.67. The molecule has 0 spiro atoms. The van der Waals surface area contributed by atoms with Crippen molar-refractivity contribution in [3.05, 3.63) is 95.8 Å². The summed E-state index contributed by atoms with van der Waals surface area (Å²) in [4.78, 5) is 12.5. The molecule has 0 heterocycles. The minimum atomic E-state index is -3.24. The maximum atomic E-state index is 13.3. The van der Waals surface area contributed by atoms with E-state index in [9.17, 15) is 17.6 Å². The molecule has 0 saturated carbocycles. The quantitative estimate of drug-likeness (QED) is 0.437. The standard InChI is InChI=1S/C22H20FNO5S/c1-28-22(25)21(24(30(26)27)19-12-10-18(23)11-13-19)17-8-5-9-20(14-17)29-15-16-6-3-2-4-7-16/h2-14,21,30H,15H2,1H3/t21-/m1/s1. The Hall–Kier alpha value is -3.39. The molecule has 3 aromatic rings. The van der Waals surface area contributed by atoms with E-state index in [2.05, 4.69) is 0 Å². The second-order valence-electron chi connectivity index (χ2n) is 6.33. The summed E-state index contributed by atoms with van der Waals surface area (Å²) >= 11 is 0. The van der Waals surface area contributed by atoms with Crippen molar-refractivity contribution in [2.24, 2.45) is 0 Å². The topological polar surface area (TPSA) is 72.9 Å². The second-order valence-corrected chi connectivity index (χ2v) is 7.24. The summed E-state index contributed by atoms with van der Waals surface area (Å²) in [7, 11) is -2.06. The van der Waals surface area contributed by atoms with Crippen LogP contribution in [0.5, 0.6) is 5.75 Å². The van der Waals surface area contributed by atoms with Crippen LogP contribution in [-0.2, 0) is 27.0 Å². The molecule has 0 aliphatic carbocycles. The van der Waals surface area contributed by atoms with Crippen molar-refractivity contribution in [3.63, 3.8) is 0 Å². The smallest absolute Gasteiger partial charge is 0.334 e. The van der Waals surface area contributed by atoms with Gasteiger partial charge in [-0.3, -0.25) is 4.31 Å². The average Bonchev–Trinajstić information content (AvgIpc) is 2.77. The van der Waals surface area contributed by atoms with E-state index in [0.29, 0.717) is 17.9 Å². The first-order chi connectivity index (χ1) is 14.5. The zero-order valence-corrected chi connectivity index (χ0v) is 17.0. The van der Waals surface area contributed by atoms with Gasteiger partial charge in [-0.25, -0.2) is 17.6 Å². The first-order valence-electron chi connectivity index (χ1n) is 9.03. The van der Waals surface area contributed by atoms with Gasteiger partial charge in [0.15, 0.2) is 6.04 Å². The van der Waals surface area contributed by atoms with Crippen LogP contribution >= 0.6 is 0 Å². The number of esters is 1. The van der Waals surface area contributed by atoms with Crippen LogP contribution in [-0.4, -0.2) is 21.5 Å². The summed E-state index contributed by atoms with van der Waals surface area (Å²) in [5.41, 5.74) is 1.46. The number of benzene rings is 3. The minimum absolute atomic E-state index is 0.138. The summed E-state index contributed by atoms with van der Waals surface area (Å²) in [5.74, 6) is -0.838. The molecule has 156 valence electrons. The molecular weight excluding hydrogens is 409 g/mol. The highest BCUT2D eigenvalue weighted by Crippen LogP contribution is 2.31.